The molecule has 26 heavy (non-hydrogen) atoms. The molecule has 0 saturated carbocycles. The van der Waals surface area contributed by atoms with Gasteiger partial charge in [0, 0.05) is 25.4 Å². The maximum absolute atomic E-state index is 12.7. The molecule has 0 spiro atoms. The molecule has 3 aromatic rings. The number of halogens is 4. The van der Waals surface area contributed by atoms with Crippen molar-refractivity contribution in [2.24, 2.45) is 0 Å². The summed E-state index contributed by atoms with van der Waals surface area (Å²) in [5.41, 5.74) is 0.0292. The number of hydrogen-bond donors (Lipinski definition) is 1. The second-order valence-corrected chi connectivity index (χ2v) is 7.63. The highest BCUT2D eigenvalue weighted by molar-refractivity contribution is 7.89. The van der Waals surface area contributed by atoms with Crippen molar-refractivity contribution in [2.75, 3.05) is 6.54 Å². The first kappa shape index (κ1) is 18.7. The highest BCUT2D eigenvalue weighted by Gasteiger charge is 2.30. The number of aromatic nitrogens is 2. The molecule has 3 rings (SSSR count). The molecule has 0 atom stereocenters. The first-order valence-corrected chi connectivity index (χ1v) is 9.32. The third-order valence-electron chi connectivity index (χ3n) is 3.63. The van der Waals surface area contributed by atoms with Gasteiger partial charge in [0.15, 0.2) is 0 Å². The van der Waals surface area contributed by atoms with E-state index in [1.807, 2.05) is 0 Å². The van der Waals surface area contributed by atoms with Crippen molar-refractivity contribution in [3.63, 3.8) is 0 Å². The first-order valence-electron chi connectivity index (χ1n) is 7.46. The van der Waals surface area contributed by atoms with E-state index in [1.165, 1.54) is 28.8 Å². The average Bonchev–Trinajstić information content (AvgIpc) is 2.95. The molecule has 1 N–H and O–H groups in total. The normalized spacial score (nSPS) is 12.6. The molecule has 0 amide bonds. The predicted octanol–water partition coefficient (Wildman–Crippen LogP) is 3.53. The van der Waals surface area contributed by atoms with Crippen molar-refractivity contribution < 1.29 is 21.6 Å². The van der Waals surface area contributed by atoms with E-state index in [1.54, 1.807) is 12.1 Å². The maximum atomic E-state index is 12.7. The molecule has 2 heterocycles. The Hall–Kier alpha value is -2.10. The van der Waals surface area contributed by atoms with Gasteiger partial charge in [-0.1, -0.05) is 23.7 Å². The number of rotatable bonds is 5. The number of hydrogen-bond acceptors (Lipinski definition) is 3. The molecule has 0 fully saturated rings. The van der Waals surface area contributed by atoms with E-state index < -0.39 is 21.8 Å². The molecular weight excluding hydrogens is 391 g/mol. The van der Waals surface area contributed by atoms with Gasteiger partial charge in [-0.15, -0.1) is 0 Å². The lowest BCUT2D eigenvalue weighted by atomic mass is 10.3. The molecule has 0 unspecified atom stereocenters. The quantitative estimate of drug-likeness (QED) is 0.709. The fourth-order valence-electron chi connectivity index (χ4n) is 2.39. The first-order chi connectivity index (χ1) is 12.2. The van der Waals surface area contributed by atoms with Crippen LogP contribution in [0.25, 0.3) is 5.65 Å². The van der Waals surface area contributed by atoms with Crippen LogP contribution in [0.4, 0.5) is 13.2 Å². The van der Waals surface area contributed by atoms with Crippen molar-refractivity contribution in [2.45, 2.75) is 17.5 Å². The Balaban J connectivity index is 1.71. The van der Waals surface area contributed by atoms with E-state index >= 15 is 0 Å². The van der Waals surface area contributed by atoms with E-state index in [0.717, 1.165) is 12.3 Å². The number of benzene rings is 1. The summed E-state index contributed by atoms with van der Waals surface area (Å²) in [5.74, 6) is 0. The number of pyridine rings is 1. The highest BCUT2D eigenvalue weighted by atomic mass is 35.5. The van der Waals surface area contributed by atoms with Crippen molar-refractivity contribution in [3.05, 3.63) is 65.1 Å². The summed E-state index contributed by atoms with van der Waals surface area (Å²) >= 11 is 5.88. The van der Waals surface area contributed by atoms with Gasteiger partial charge >= 0.3 is 6.18 Å². The van der Waals surface area contributed by atoms with Gasteiger partial charge in [0.05, 0.1) is 16.3 Å². The summed E-state index contributed by atoms with van der Waals surface area (Å²) in [7, 11) is -3.78. The molecule has 10 heteroatoms. The molecular formula is C16H13ClF3N3O2S. The zero-order valence-corrected chi connectivity index (χ0v) is 14.7. The number of nitrogens with one attached hydrogen (secondary N) is 1. The summed E-state index contributed by atoms with van der Waals surface area (Å²) in [5, 5.41) is 0.104. The van der Waals surface area contributed by atoms with Gasteiger partial charge in [-0.2, -0.15) is 13.2 Å². The van der Waals surface area contributed by atoms with Crippen LogP contribution in [-0.4, -0.2) is 24.3 Å². The summed E-state index contributed by atoms with van der Waals surface area (Å²) < 4.78 is 66.3. The topological polar surface area (TPSA) is 63.5 Å². The Kier molecular flexibility index (Phi) is 4.96. The number of imidazole rings is 1. The van der Waals surface area contributed by atoms with Gasteiger partial charge in [0.25, 0.3) is 0 Å². The SMILES string of the molecule is O=S(=O)(NCCc1cn2cc(C(F)(F)F)ccc2n1)c1ccccc1Cl. The Labute approximate surface area is 152 Å². The molecule has 0 aliphatic rings. The van der Waals surface area contributed by atoms with Crippen molar-refractivity contribution in [3.8, 4) is 0 Å². The van der Waals surface area contributed by atoms with Gasteiger partial charge in [0.1, 0.15) is 10.5 Å². The minimum absolute atomic E-state index is 0.0313. The number of alkyl halides is 3. The van der Waals surface area contributed by atoms with E-state index in [0.29, 0.717) is 11.3 Å². The molecule has 0 saturated heterocycles. The minimum atomic E-state index is -4.44. The molecule has 2 aromatic heterocycles. The molecule has 0 aliphatic heterocycles. The van der Waals surface area contributed by atoms with Crippen LogP contribution in [0.1, 0.15) is 11.3 Å². The second-order valence-electron chi connectivity index (χ2n) is 5.49. The standard InChI is InChI=1S/C16H13ClF3N3O2S/c17-13-3-1-2-4-14(13)26(24,25)21-8-7-12-10-23-9-11(16(18,19)20)5-6-15(23)22-12/h1-6,9-10,21H,7-8H2. The molecule has 0 aliphatic carbocycles. The fourth-order valence-corrected chi connectivity index (χ4v) is 3.94. The Morgan fingerprint density at radius 1 is 1.12 bits per heavy atom. The van der Waals surface area contributed by atoms with Crippen LogP contribution in [0.3, 0.4) is 0 Å². The van der Waals surface area contributed by atoms with Crippen LogP contribution in [0.15, 0.2) is 53.7 Å². The lowest BCUT2D eigenvalue weighted by molar-refractivity contribution is -0.137. The smallest absolute Gasteiger partial charge is 0.306 e. The third-order valence-corrected chi connectivity index (χ3v) is 5.59. The molecule has 5 nitrogen and oxygen atoms in total. The van der Waals surface area contributed by atoms with Crippen LogP contribution in [-0.2, 0) is 22.6 Å². The lowest BCUT2D eigenvalue weighted by Gasteiger charge is -2.07. The van der Waals surface area contributed by atoms with Gasteiger partial charge < -0.3 is 4.40 Å². The Morgan fingerprint density at radius 3 is 2.54 bits per heavy atom. The van der Waals surface area contributed by atoms with Crippen LogP contribution < -0.4 is 4.72 Å². The summed E-state index contributed by atoms with van der Waals surface area (Å²) in [6.45, 7) is 0.0313. The van der Waals surface area contributed by atoms with Crippen molar-refractivity contribution >= 4 is 27.3 Å². The Bertz CT molecular complexity index is 1050. The largest absolute Gasteiger partial charge is 0.417 e. The molecule has 1 aromatic carbocycles. The summed E-state index contributed by atoms with van der Waals surface area (Å²) in [4.78, 5) is 4.14. The van der Waals surface area contributed by atoms with Gasteiger partial charge in [-0.3, -0.25) is 0 Å². The second kappa shape index (κ2) is 6.90. The monoisotopic (exact) mass is 403 g/mol. The van der Waals surface area contributed by atoms with Crippen molar-refractivity contribution in [1.29, 1.82) is 0 Å². The fraction of sp³-hybridized carbons (Fsp3) is 0.188. The van der Waals surface area contributed by atoms with Gasteiger partial charge in [-0.05, 0) is 24.3 Å². The van der Waals surface area contributed by atoms with Crippen LogP contribution in [0.2, 0.25) is 5.02 Å². The number of sulfonamides is 1. The summed E-state index contributed by atoms with van der Waals surface area (Å²) in [6.07, 6.45) is -1.84. The molecule has 0 bridgehead atoms. The molecule has 138 valence electrons. The highest BCUT2D eigenvalue weighted by Crippen LogP contribution is 2.29. The minimum Gasteiger partial charge on any atom is -0.306 e. The third kappa shape index (κ3) is 4.00. The number of fused-ring (bicyclic) bond motifs is 1. The van der Waals surface area contributed by atoms with Crippen LogP contribution in [0, 0.1) is 0 Å². The maximum Gasteiger partial charge on any atom is 0.417 e. The van der Waals surface area contributed by atoms with Gasteiger partial charge in [0.2, 0.25) is 10.0 Å². The Morgan fingerprint density at radius 2 is 1.85 bits per heavy atom. The molecule has 0 radical (unpaired) electrons. The lowest BCUT2D eigenvalue weighted by Crippen LogP contribution is -2.26. The van der Waals surface area contributed by atoms with E-state index in [2.05, 4.69) is 9.71 Å². The van der Waals surface area contributed by atoms with E-state index in [9.17, 15) is 21.6 Å². The number of nitrogens with zero attached hydrogens (tertiary/aromatic N) is 2. The average molecular weight is 404 g/mol. The van der Waals surface area contributed by atoms with Gasteiger partial charge in [-0.25, -0.2) is 18.1 Å². The van der Waals surface area contributed by atoms with E-state index in [-0.39, 0.29) is 22.9 Å². The zero-order chi connectivity index (χ0) is 18.9. The van der Waals surface area contributed by atoms with Crippen molar-refractivity contribution in [1.82, 2.24) is 14.1 Å². The summed E-state index contributed by atoms with van der Waals surface area (Å²) in [6, 6.07) is 8.24. The van der Waals surface area contributed by atoms with Crippen LogP contribution in [0.5, 0.6) is 0 Å². The van der Waals surface area contributed by atoms with Crippen LogP contribution >= 0.6 is 11.6 Å². The van der Waals surface area contributed by atoms with E-state index in [4.69, 9.17) is 11.6 Å². The predicted molar refractivity (Wildman–Crippen MR) is 90.5 cm³/mol. The zero-order valence-electron chi connectivity index (χ0n) is 13.2.